The van der Waals surface area contributed by atoms with Crippen molar-refractivity contribution in [2.24, 2.45) is 0 Å². The maximum absolute atomic E-state index is 13.0. The van der Waals surface area contributed by atoms with Crippen LogP contribution in [0.2, 0.25) is 5.02 Å². The van der Waals surface area contributed by atoms with E-state index >= 15 is 0 Å². The monoisotopic (exact) mass is 242 g/mol. The SMILES string of the molecule is O=C(O)c1cc2cc(Cl)c(F)cc2oc1=O. The molecule has 6 heteroatoms. The summed E-state index contributed by atoms with van der Waals surface area (Å²) in [7, 11) is 0. The van der Waals surface area contributed by atoms with Crippen LogP contribution >= 0.6 is 11.6 Å². The molecule has 1 aromatic heterocycles. The van der Waals surface area contributed by atoms with Gasteiger partial charge in [0.2, 0.25) is 0 Å². The summed E-state index contributed by atoms with van der Waals surface area (Å²) < 4.78 is 17.7. The maximum atomic E-state index is 13.0. The van der Waals surface area contributed by atoms with Gasteiger partial charge in [0.05, 0.1) is 5.02 Å². The average molecular weight is 243 g/mol. The van der Waals surface area contributed by atoms with E-state index in [0.29, 0.717) is 0 Å². The summed E-state index contributed by atoms with van der Waals surface area (Å²) in [6.45, 7) is 0. The average Bonchev–Trinajstić information content (AvgIpc) is 2.19. The Morgan fingerprint density at radius 2 is 2.06 bits per heavy atom. The first-order valence-corrected chi connectivity index (χ1v) is 4.53. The first-order valence-electron chi connectivity index (χ1n) is 4.15. The van der Waals surface area contributed by atoms with Crippen LogP contribution in [-0.2, 0) is 0 Å². The fourth-order valence-electron chi connectivity index (χ4n) is 1.26. The van der Waals surface area contributed by atoms with Gasteiger partial charge in [-0.1, -0.05) is 11.6 Å². The van der Waals surface area contributed by atoms with Gasteiger partial charge in [-0.3, -0.25) is 0 Å². The number of hydrogen-bond acceptors (Lipinski definition) is 3. The predicted octanol–water partition coefficient (Wildman–Crippen LogP) is 2.28. The molecule has 0 unspecified atom stereocenters. The van der Waals surface area contributed by atoms with Crippen LogP contribution in [0.3, 0.4) is 0 Å². The van der Waals surface area contributed by atoms with E-state index in [1.165, 1.54) is 6.07 Å². The Balaban J connectivity index is 2.85. The van der Waals surface area contributed by atoms with Crippen LogP contribution in [0, 0.1) is 5.82 Å². The van der Waals surface area contributed by atoms with Gasteiger partial charge in [0.15, 0.2) is 0 Å². The smallest absolute Gasteiger partial charge is 0.351 e. The summed E-state index contributed by atoms with van der Waals surface area (Å²) in [4.78, 5) is 21.8. The lowest BCUT2D eigenvalue weighted by Crippen LogP contribution is -2.12. The van der Waals surface area contributed by atoms with Gasteiger partial charge in [0, 0.05) is 11.5 Å². The number of carboxylic acids is 1. The Kier molecular flexibility index (Phi) is 2.40. The Labute approximate surface area is 92.9 Å². The zero-order valence-electron chi connectivity index (χ0n) is 7.66. The molecule has 0 aliphatic carbocycles. The Morgan fingerprint density at radius 3 is 2.69 bits per heavy atom. The number of halogens is 2. The van der Waals surface area contributed by atoms with Crippen molar-refractivity contribution in [3.05, 3.63) is 45.0 Å². The molecule has 0 saturated carbocycles. The highest BCUT2D eigenvalue weighted by Crippen LogP contribution is 2.22. The molecule has 1 aromatic carbocycles. The molecule has 0 aliphatic heterocycles. The van der Waals surface area contributed by atoms with E-state index in [-0.39, 0.29) is 16.0 Å². The quantitative estimate of drug-likeness (QED) is 0.779. The van der Waals surface area contributed by atoms with Gasteiger partial charge in [0.25, 0.3) is 0 Å². The molecule has 0 atom stereocenters. The molecule has 4 nitrogen and oxygen atoms in total. The van der Waals surface area contributed by atoms with Gasteiger partial charge in [-0.2, -0.15) is 0 Å². The predicted molar refractivity (Wildman–Crippen MR) is 54.4 cm³/mol. The van der Waals surface area contributed by atoms with Gasteiger partial charge < -0.3 is 9.52 Å². The molecule has 1 heterocycles. The Bertz CT molecular complexity index is 647. The molecule has 0 fully saturated rings. The fraction of sp³-hybridized carbons (Fsp3) is 0. The second-order valence-electron chi connectivity index (χ2n) is 3.06. The lowest BCUT2D eigenvalue weighted by atomic mass is 10.2. The first kappa shape index (κ1) is 10.6. The molecule has 0 bridgehead atoms. The zero-order valence-corrected chi connectivity index (χ0v) is 8.42. The molecule has 2 aromatic rings. The van der Waals surface area contributed by atoms with Crippen LogP contribution in [0.15, 0.2) is 27.4 Å². The largest absolute Gasteiger partial charge is 0.477 e. The second-order valence-corrected chi connectivity index (χ2v) is 3.46. The van der Waals surface area contributed by atoms with Crippen LogP contribution in [0.5, 0.6) is 0 Å². The highest BCUT2D eigenvalue weighted by molar-refractivity contribution is 6.31. The Hall–Kier alpha value is -1.88. The molecule has 16 heavy (non-hydrogen) atoms. The molecule has 0 radical (unpaired) electrons. The minimum atomic E-state index is -1.41. The Morgan fingerprint density at radius 1 is 1.38 bits per heavy atom. The zero-order chi connectivity index (χ0) is 11.9. The summed E-state index contributed by atoms with van der Waals surface area (Å²) >= 11 is 5.52. The molecule has 0 spiro atoms. The maximum Gasteiger partial charge on any atom is 0.351 e. The number of rotatable bonds is 1. The van der Waals surface area contributed by atoms with Gasteiger partial charge in [0.1, 0.15) is 17.0 Å². The molecule has 0 saturated heterocycles. The molecule has 0 aliphatic rings. The van der Waals surface area contributed by atoms with Gasteiger partial charge in [-0.15, -0.1) is 0 Å². The van der Waals surface area contributed by atoms with E-state index in [1.54, 1.807) is 0 Å². The molecule has 82 valence electrons. The molecule has 0 amide bonds. The minimum Gasteiger partial charge on any atom is -0.477 e. The van der Waals surface area contributed by atoms with Gasteiger partial charge in [-0.25, -0.2) is 14.0 Å². The molecular formula is C10H4ClFO4. The molecule has 2 rings (SSSR count). The molecule has 1 N–H and O–H groups in total. The van der Waals surface area contributed by atoms with Crippen molar-refractivity contribution in [2.45, 2.75) is 0 Å². The van der Waals surface area contributed by atoms with Crippen LogP contribution in [-0.4, -0.2) is 11.1 Å². The van der Waals surface area contributed by atoms with E-state index in [2.05, 4.69) is 4.42 Å². The number of carboxylic acid groups (broad SMARTS) is 1. The van der Waals surface area contributed by atoms with Crippen LogP contribution in [0.4, 0.5) is 4.39 Å². The van der Waals surface area contributed by atoms with Crippen molar-refractivity contribution in [1.29, 1.82) is 0 Å². The number of fused-ring (bicyclic) bond motifs is 1. The van der Waals surface area contributed by atoms with E-state index in [4.69, 9.17) is 16.7 Å². The highest BCUT2D eigenvalue weighted by atomic mass is 35.5. The third-order valence-electron chi connectivity index (χ3n) is 2.01. The summed E-state index contributed by atoms with van der Waals surface area (Å²) in [5, 5.41) is 8.77. The number of aromatic carboxylic acids is 1. The topological polar surface area (TPSA) is 67.5 Å². The van der Waals surface area contributed by atoms with Crippen molar-refractivity contribution < 1.29 is 18.7 Å². The molecular weight excluding hydrogens is 239 g/mol. The normalized spacial score (nSPS) is 10.6. The van der Waals surface area contributed by atoms with Crippen molar-refractivity contribution in [1.82, 2.24) is 0 Å². The highest BCUT2D eigenvalue weighted by Gasteiger charge is 2.13. The summed E-state index contributed by atoms with van der Waals surface area (Å²) in [6.07, 6.45) is 0. The lowest BCUT2D eigenvalue weighted by Gasteiger charge is -2.00. The lowest BCUT2D eigenvalue weighted by molar-refractivity contribution is 0.0692. The van der Waals surface area contributed by atoms with Crippen LogP contribution in [0.1, 0.15) is 10.4 Å². The fourth-order valence-corrected chi connectivity index (χ4v) is 1.44. The van der Waals surface area contributed by atoms with E-state index < -0.39 is 23.0 Å². The number of carbonyl (C=O) groups is 1. The van der Waals surface area contributed by atoms with Crippen molar-refractivity contribution in [3.63, 3.8) is 0 Å². The number of hydrogen-bond donors (Lipinski definition) is 1. The van der Waals surface area contributed by atoms with Crippen molar-refractivity contribution >= 4 is 28.5 Å². The van der Waals surface area contributed by atoms with E-state index in [0.717, 1.165) is 12.1 Å². The van der Waals surface area contributed by atoms with E-state index in [9.17, 15) is 14.0 Å². The third-order valence-corrected chi connectivity index (χ3v) is 2.30. The minimum absolute atomic E-state index is 0.0445. The second kappa shape index (κ2) is 3.61. The van der Waals surface area contributed by atoms with Gasteiger partial charge in [-0.05, 0) is 12.1 Å². The van der Waals surface area contributed by atoms with Crippen molar-refractivity contribution in [2.75, 3.05) is 0 Å². The number of benzene rings is 1. The summed E-state index contributed by atoms with van der Waals surface area (Å²) in [6, 6.07) is 3.22. The van der Waals surface area contributed by atoms with Gasteiger partial charge >= 0.3 is 11.6 Å². The summed E-state index contributed by atoms with van der Waals surface area (Å²) in [5.74, 6) is -2.14. The summed E-state index contributed by atoms with van der Waals surface area (Å²) in [5.41, 5.74) is -1.59. The standard InChI is InChI=1S/C10H4ClFO4/c11-6-2-4-1-5(9(13)14)10(15)16-8(4)3-7(6)12/h1-3H,(H,13,14). The van der Waals surface area contributed by atoms with Crippen LogP contribution < -0.4 is 5.63 Å². The van der Waals surface area contributed by atoms with Crippen molar-refractivity contribution in [3.8, 4) is 0 Å². The third kappa shape index (κ3) is 1.65. The van der Waals surface area contributed by atoms with Crippen LogP contribution in [0.25, 0.3) is 11.0 Å². The van der Waals surface area contributed by atoms with E-state index in [1.807, 2.05) is 0 Å². The first-order chi connectivity index (χ1) is 7.49.